The molecule has 2 atom stereocenters. The highest BCUT2D eigenvalue weighted by Crippen LogP contribution is 2.32. The van der Waals surface area contributed by atoms with E-state index in [1.165, 1.54) is 55.5 Å². The smallest absolute Gasteiger partial charge is 0.264 e. The van der Waals surface area contributed by atoms with Gasteiger partial charge < -0.3 is 19.7 Å². The van der Waals surface area contributed by atoms with Crippen molar-refractivity contribution in [2.45, 2.75) is 50.2 Å². The summed E-state index contributed by atoms with van der Waals surface area (Å²) in [6, 6.07) is 26.2. The van der Waals surface area contributed by atoms with Gasteiger partial charge in [-0.3, -0.25) is 13.9 Å². The normalized spacial score (nSPS) is 12.4. The van der Waals surface area contributed by atoms with Crippen LogP contribution in [0.1, 0.15) is 31.4 Å². The summed E-state index contributed by atoms with van der Waals surface area (Å²) in [6.45, 7) is 2.84. The van der Waals surface area contributed by atoms with Crippen molar-refractivity contribution in [3.8, 4) is 11.5 Å². The standard InChI is InChI=1S/C36H40FN3O6S/c1-5-26(2)38-36(42)32(22-27-14-8-6-9-15-27)39(24-28-16-12-13-19-31(28)37)35(41)25-40(29-17-10-7-11-18-29)47(43,44)30-20-21-33(45-3)34(23-30)46-4/h6-21,23,26,32H,5,22,24-25H2,1-4H3,(H,38,42)/t26-,32-/m1/s1. The van der Waals surface area contributed by atoms with Gasteiger partial charge in [-0.15, -0.1) is 0 Å². The molecule has 0 saturated heterocycles. The van der Waals surface area contributed by atoms with E-state index in [0.717, 1.165) is 9.87 Å². The molecule has 0 bridgehead atoms. The van der Waals surface area contributed by atoms with Crippen molar-refractivity contribution < 1.29 is 31.9 Å². The third kappa shape index (κ3) is 8.68. The van der Waals surface area contributed by atoms with Crippen LogP contribution in [0.4, 0.5) is 10.1 Å². The second-order valence-corrected chi connectivity index (χ2v) is 12.9. The van der Waals surface area contributed by atoms with Crippen molar-refractivity contribution in [2.24, 2.45) is 0 Å². The zero-order valence-electron chi connectivity index (χ0n) is 26.9. The fraction of sp³-hybridized carbons (Fsp3) is 0.278. The minimum atomic E-state index is -4.37. The first kappa shape index (κ1) is 35.0. The maximum atomic E-state index is 15.1. The lowest BCUT2D eigenvalue weighted by Crippen LogP contribution is -2.54. The molecular formula is C36H40FN3O6S. The maximum absolute atomic E-state index is 15.1. The molecule has 0 aliphatic carbocycles. The highest BCUT2D eigenvalue weighted by Gasteiger charge is 2.35. The third-order valence-electron chi connectivity index (χ3n) is 7.84. The molecule has 0 spiro atoms. The van der Waals surface area contributed by atoms with Gasteiger partial charge in [0, 0.05) is 30.6 Å². The Morgan fingerprint density at radius 1 is 0.851 bits per heavy atom. The number of methoxy groups -OCH3 is 2. The predicted octanol–water partition coefficient (Wildman–Crippen LogP) is 5.59. The number of carbonyl (C=O) groups excluding carboxylic acids is 2. The molecular weight excluding hydrogens is 621 g/mol. The minimum Gasteiger partial charge on any atom is -0.493 e. The molecule has 0 saturated carbocycles. The Bertz CT molecular complexity index is 1760. The van der Waals surface area contributed by atoms with Gasteiger partial charge in [-0.1, -0.05) is 73.7 Å². The van der Waals surface area contributed by atoms with E-state index in [2.05, 4.69) is 5.32 Å². The Labute approximate surface area is 276 Å². The number of nitrogens with zero attached hydrogens (tertiary/aromatic N) is 2. The van der Waals surface area contributed by atoms with Crippen LogP contribution in [0.15, 0.2) is 108 Å². The van der Waals surface area contributed by atoms with E-state index in [4.69, 9.17) is 9.47 Å². The van der Waals surface area contributed by atoms with E-state index < -0.39 is 40.2 Å². The molecule has 0 aromatic heterocycles. The summed E-state index contributed by atoms with van der Waals surface area (Å²) < 4.78 is 55.2. The number of rotatable bonds is 15. The van der Waals surface area contributed by atoms with Gasteiger partial charge >= 0.3 is 0 Å². The number of nitrogens with one attached hydrogen (secondary N) is 1. The van der Waals surface area contributed by atoms with Gasteiger partial charge in [0.05, 0.1) is 24.8 Å². The van der Waals surface area contributed by atoms with Crippen LogP contribution in [0.3, 0.4) is 0 Å². The summed E-state index contributed by atoms with van der Waals surface area (Å²) in [7, 11) is -1.54. The maximum Gasteiger partial charge on any atom is 0.264 e. The summed E-state index contributed by atoms with van der Waals surface area (Å²) in [5, 5.41) is 2.97. The second kappa shape index (κ2) is 16.1. The third-order valence-corrected chi connectivity index (χ3v) is 9.61. The zero-order chi connectivity index (χ0) is 34.0. The fourth-order valence-corrected chi connectivity index (χ4v) is 6.46. The molecule has 0 fully saturated rings. The van der Waals surface area contributed by atoms with Gasteiger partial charge in [-0.05, 0) is 49.2 Å². The van der Waals surface area contributed by atoms with E-state index in [-0.39, 0.29) is 40.9 Å². The minimum absolute atomic E-state index is 0.122. The molecule has 47 heavy (non-hydrogen) atoms. The molecule has 11 heteroatoms. The van der Waals surface area contributed by atoms with E-state index in [1.54, 1.807) is 36.4 Å². The lowest BCUT2D eigenvalue weighted by Gasteiger charge is -2.34. The fourth-order valence-electron chi connectivity index (χ4n) is 5.03. The van der Waals surface area contributed by atoms with Gasteiger partial charge in [-0.2, -0.15) is 0 Å². The van der Waals surface area contributed by atoms with Crippen molar-refractivity contribution in [1.82, 2.24) is 10.2 Å². The van der Waals surface area contributed by atoms with Crippen molar-refractivity contribution >= 4 is 27.5 Å². The summed E-state index contributed by atoms with van der Waals surface area (Å²) in [4.78, 5) is 29.5. The average Bonchev–Trinajstić information content (AvgIpc) is 3.09. The number of hydrogen-bond acceptors (Lipinski definition) is 6. The molecule has 9 nitrogen and oxygen atoms in total. The van der Waals surface area contributed by atoms with Crippen LogP contribution in [0.25, 0.3) is 0 Å². The summed E-state index contributed by atoms with van der Waals surface area (Å²) in [6.07, 6.45) is 0.771. The molecule has 0 heterocycles. The molecule has 248 valence electrons. The number of benzene rings is 4. The Morgan fingerprint density at radius 2 is 1.47 bits per heavy atom. The van der Waals surface area contributed by atoms with Gasteiger partial charge in [-0.25, -0.2) is 12.8 Å². The summed E-state index contributed by atoms with van der Waals surface area (Å²) in [5.74, 6) is -1.15. The number of anilines is 1. The molecule has 0 aliphatic heterocycles. The van der Waals surface area contributed by atoms with Crippen molar-refractivity contribution in [3.05, 3.63) is 120 Å². The topological polar surface area (TPSA) is 105 Å². The molecule has 0 aliphatic rings. The molecule has 4 aromatic rings. The number of sulfonamides is 1. The Morgan fingerprint density at radius 3 is 2.09 bits per heavy atom. The molecule has 4 rings (SSSR count). The molecule has 0 radical (unpaired) electrons. The summed E-state index contributed by atoms with van der Waals surface area (Å²) >= 11 is 0. The van der Waals surface area contributed by atoms with Crippen molar-refractivity contribution in [3.63, 3.8) is 0 Å². The highest BCUT2D eigenvalue weighted by atomic mass is 32.2. The number of para-hydroxylation sites is 1. The summed E-state index contributed by atoms with van der Waals surface area (Å²) in [5.41, 5.74) is 1.19. The Kier molecular flexibility index (Phi) is 12.0. The lowest BCUT2D eigenvalue weighted by atomic mass is 10.0. The number of halogens is 1. The first-order chi connectivity index (χ1) is 22.6. The van der Waals surface area contributed by atoms with Crippen molar-refractivity contribution in [2.75, 3.05) is 25.1 Å². The number of amides is 2. The van der Waals surface area contributed by atoms with Crippen LogP contribution >= 0.6 is 0 Å². The van der Waals surface area contributed by atoms with E-state index in [0.29, 0.717) is 12.2 Å². The number of ether oxygens (including phenoxy) is 2. The number of hydrogen-bond donors (Lipinski definition) is 1. The monoisotopic (exact) mass is 661 g/mol. The van der Waals surface area contributed by atoms with Gasteiger partial charge in [0.2, 0.25) is 11.8 Å². The van der Waals surface area contributed by atoms with E-state index >= 15 is 4.39 Å². The van der Waals surface area contributed by atoms with Gasteiger partial charge in [0.25, 0.3) is 10.0 Å². The van der Waals surface area contributed by atoms with Crippen LogP contribution in [0.2, 0.25) is 0 Å². The first-order valence-electron chi connectivity index (χ1n) is 15.3. The predicted molar refractivity (Wildman–Crippen MR) is 179 cm³/mol. The van der Waals surface area contributed by atoms with Crippen LogP contribution in [0.5, 0.6) is 11.5 Å². The average molecular weight is 662 g/mol. The Balaban J connectivity index is 1.82. The lowest BCUT2D eigenvalue weighted by molar-refractivity contribution is -0.140. The highest BCUT2D eigenvalue weighted by molar-refractivity contribution is 7.92. The second-order valence-electron chi connectivity index (χ2n) is 11.0. The molecule has 1 N–H and O–H groups in total. The zero-order valence-corrected chi connectivity index (χ0v) is 27.7. The quantitative estimate of drug-likeness (QED) is 0.178. The van der Waals surface area contributed by atoms with Crippen molar-refractivity contribution in [1.29, 1.82) is 0 Å². The van der Waals surface area contributed by atoms with Gasteiger partial charge in [0.1, 0.15) is 18.4 Å². The van der Waals surface area contributed by atoms with Crippen LogP contribution in [-0.4, -0.2) is 58.0 Å². The van der Waals surface area contributed by atoms with Crippen LogP contribution in [-0.2, 0) is 32.6 Å². The van der Waals surface area contributed by atoms with Gasteiger partial charge in [0.15, 0.2) is 11.5 Å². The van der Waals surface area contributed by atoms with E-state index in [1.807, 2.05) is 44.2 Å². The van der Waals surface area contributed by atoms with Crippen LogP contribution in [0, 0.1) is 5.82 Å². The molecule has 2 amide bonds. The first-order valence-corrected chi connectivity index (χ1v) is 16.7. The molecule has 0 unspecified atom stereocenters. The SMILES string of the molecule is CC[C@@H](C)NC(=O)[C@@H](Cc1ccccc1)N(Cc1ccccc1F)C(=O)CN(c1ccccc1)S(=O)(=O)c1ccc(OC)c(OC)c1. The van der Waals surface area contributed by atoms with Crippen LogP contribution < -0.4 is 19.1 Å². The number of carbonyl (C=O) groups is 2. The largest absolute Gasteiger partial charge is 0.493 e. The molecule has 4 aromatic carbocycles. The Hall–Kier alpha value is -4.90. The van der Waals surface area contributed by atoms with E-state index in [9.17, 15) is 18.0 Å².